The van der Waals surface area contributed by atoms with Gasteiger partial charge in [-0.1, -0.05) is 44.0 Å². The fourth-order valence-corrected chi connectivity index (χ4v) is 6.46. The highest BCUT2D eigenvalue weighted by molar-refractivity contribution is 7.93. The summed E-state index contributed by atoms with van der Waals surface area (Å²) in [5.74, 6) is -1.28. The van der Waals surface area contributed by atoms with Crippen molar-refractivity contribution < 1.29 is 18.3 Å². The van der Waals surface area contributed by atoms with Crippen molar-refractivity contribution in [2.45, 2.75) is 31.7 Å². The number of carbonyl (C=O) groups is 1. The maximum Gasteiger partial charge on any atom is 0.328 e. The third-order valence-electron chi connectivity index (χ3n) is 5.44. The van der Waals surface area contributed by atoms with E-state index in [9.17, 15) is 18.3 Å². The van der Waals surface area contributed by atoms with Crippen LogP contribution in [0.15, 0.2) is 72.3 Å². The van der Waals surface area contributed by atoms with E-state index < -0.39 is 27.4 Å². The van der Waals surface area contributed by atoms with Crippen molar-refractivity contribution in [3.63, 3.8) is 0 Å². The Bertz CT molecular complexity index is 1500. The molecule has 182 valence electrons. The molecule has 1 unspecified atom stereocenters. The largest absolute Gasteiger partial charge is 0.480 e. The van der Waals surface area contributed by atoms with Crippen molar-refractivity contribution in [2.24, 2.45) is 5.41 Å². The lowest BCUT2D eigenvalue weighted by molar-refractivity contribution is -0.140. The predicted octanol–water partition coefficient (Wildman–Crippen LogP) is 5.42. The molecule has 0 aliphatic carbocycles. The van der Waals surface area contributed by atoms with Gasteiger partial charge in [0.15, 0.2) is 0 Å². The Kier molecular flexibility index (Phi) is 6.52. The van der Waals surface area contributed by atoms with Crippen LogP contribution in [0, 0.1) is 5.41 Å². The molecule has 1 N–H and O–H groups in total. The molecule has 1 atom stereocenters. The molecular formula is C24H22Cl2N4O4S. The first kappa shape index (κ1) is 25.0. The summed E-state index contributed by atoms with van der Waals surface area (Å²) in [6, 6.07) is 9.24. The number of rotatable bonds is 6. The smallest absolute Gasteiger partial charge is 0.328 e. The number of hydrogen-bond donors (Lipinski definition) is 1. The molecule has 4 rings (SSSR count). The van der Waals surface area contributed by atoms with Gasteiger partial charge in [-0.3, -0.25) is 4.31 Å². The van der Waals surface area contributed by atoms with E-state index in [2.05, 4.69) is 9.97 Å². The normalized spacial score (nSPS) is 13.1. The Morgan fingerprint density at radius 2 is 1.66 bits per heavy atom. The zero-order chi connectivity index (χ0) is 25.5. The summed E-state index contributed by atoms with van der Waals surface area (Å²) in [6.07, 6.45) is 6.54. The minimum absolute atomic E-state index is 0.122. The fraction of sp³-hybridized carbons (Fsp3) is 0.208. The summed E-state index contributed by atoms with van der Waals surface area (Å²) in [5, 5.41) is 11.1. The van der Waals surface area contributed by atoms with Crippen LogP contribution >= 0.6 is 23.2 Å². The van der Waals surface area contributed by atoms with Gasteiger partial charge in [-0.05, 0) is 47.9 Å². The highest BCUT2D eigenvalue weighted by Gasteiger charge is 2.43. The number of carboxylic acid groups (broad SMARTS) is 1. The van der Waals surface area contributed by atoms with Crippen molar-refractivity contribution >= 4 is 55.8 Å². The standard InChI is InChI=1S/C24H22Cl2N4O4S/c1-24(2,3)22(23(31)32)30(35(33,34)20-10-16(25)9-17(26)11-20)18-4-5-21-15(8-18)6-7-29(21)19-12-27-14-28-13-19/h4-14,22H,1-3H3,(H,31,32). The highest BCUT2D eigenvalue weighted by Crippen LogP contribution is 2.37. The van der Waals surface area contributed by atoms with E-state index in [1.54, 1.807) is 63.6 Å². The summed E-state index contributed by atoms with van der Waals surface area (Å²) in [4.78, 5) is 20.3. The molecule has 0 fully saturated rings. The zero-order valence-corrected chi connectivity index (χ0v) is 21.4. The van der Waals surface area contributed by atoms with E-state index in [1.165, 1.54) is 24.5 Å². The number of fused-ring (bicyclic) bond motifs is 1. The van der Waals surface area contributed by atoms with Gasteiger partial charge in [-0.25, -0.2) is 23.2 Å². The van der Waals surface area contributed by atoms with Crippen molar-refractivity contribution in [1.82, 2.24) is 14.5 Å². The quantitative estimate of drug-likeness (QED) is 0.355. The lowest BCUT2D eigenvalue weighted by Gasteiger charge is -2.37. The Balaban J connectivity index is 1.94. The number of aliphatic carboxylic acids is 1. The average Bonchev–Trinajstić information content (AvgIpc) is 3.19. The summed E-state index contributed by atoms with van der Waals surface area (Å²) >= 11 is 12.2. The monoisotopic (exact) mass is 532 g/mol. The molecule has 0 saturated carbocycles. The molecule has 0 spiro atoms. The van der Waals surface area contributed by atoms with Gasteiger partial charge in [0.1, 0.15) is 12.4 Å². The maximum absolute atomic E-state index is 13.9. The van der Waals surface area contributed by atoms with Crippen LogP contribution in [0.2, 0.25) is 10.0 Å². The van der Waals surface area contributed by atoms with Gasteiger partial charge < -0.3 is 9.67 Å². The van der Waals surface area contributed by atoms with Gasteiger partial charge in [0.2, 0.25) is 0 Å². The molecule has 11 heteroatoms. The zero-order valence-electron chi connectivity index (χ0n) is 19.1. The molecule has 2 heterocycles. The first-order chi connectivity index (χ1) is 16.4. The van der Waals surface area contributed by atoms with Gasteiger partial charge in [0.05, 0.1) is 34.2 Å². The second kappa shape index (κ2) is 9.14. The van der Waals surface area contributed by atoms with Crippen LogP contribution in [0.1, 0.15) is 20.8 Å². The second-order valence-corrected chi connectivity index (χ2v) is 11.7. The molecule has 0 saturated heterocycles. The van der Waals surface area contributed by atoms with Crippen LogP contribution in [0.3, 0.4) is 0 Å². The van der Waals surface area contributed by atoms with Gasteiger partial charge in [0.25, 0.3) is 10.0 Å². The average molecular weight is 533 g/mol. The third kappa shape index (κ3) is 4.84. The van der Waals surface area contributed by atoms with Gasteiger partial charge in [-0.15, -0.1) is 0 Å². The predicted molar refractivity (Wildman–Crippen MR) is 136 cm³/mol. The molecule has 8 nitrogen and oxygen atoms in total. The Hall–Kier alpha value is -3.14. The third-order valence-corrected chi connectivity index (χ3v) is 7.64. The van der Waals surface area contributed by atoms with Crippen LogP contribution in [-0.4, -0.2) is 40.1 Å². The molecule has 0 aliphatic heterocycles. The molecule has 2 aromatic heterocycles. The van der Waals surface area contributed by atoms with E-state index in [0.717, 1.165) is 15.5 Å². The molecular weight excluding hydrogens is 511 g/mol. The maximum atomic E-state index is 13.9. The second-order valence-electron chi connectivity index (χ2n) is 9.04. The summed E-state index contributed by atoms with van der Waals surface area (Å²) in [6.45, 7) is 5.01. The molecule has 0 aliphatic rings. The van der Waals surface area contributed by atoms with Crippen molar-refractivity contribution in [3.8, 4) is 5.69 Å². The number of halogens is 2. The lowest BCUT2D eigenvalue weighted by atomic mass is 9.86. The Morgan fingerprint density at radius 3 is 2.23 bits per heavy atom. The minimum atomic E-state index is -4.38. The Morgan fingerprint density at radius 1 is 1.03 bits per heavy atom. The van der Waals surface area contributed by atoms with Gasteiger partial charge in [-0.2, -0.15) is 0 Å². The number of hydrogen-bond acceptors (Lipinski definition) is 5. The van der Waals surface area contributed by atoms with Crippen LogP contribution in [0.4, 0.5) is 5.69 Å². The number of aromatic nitrogens is 3. The van der Waals surface area contributed by atoms with E-state index in [4.69, 9.17) is 23.2 Å². The van der Waals surface area contributed by atoms with Crippen molar-refractivity contribution in [2.75, 3.05) is 4.31 Å². The molecule has 4 aromatic rings. The molecule has 35 heavy (non-hydrogen) atoms. The molecule has 0 radical (unpaired) electrons. The van der Waals surface area contributed by atoms with Crippen molar-refractivity contribution in [1.29, 1.82) is 0 Å². The van der Waals surface area contributed by atoms with E-state index in [0.29, 0.717) is 5.39 Å². The molecule has 2 aromatic carbocycles. The lowest BCUT2D eigenvalue weighted by Crippen LogP contribution is -2.52. The van der Waals surface area contributed by atoms with Crippen LogP contribution in [-0.2, 0) is 14.8 Å². The Labute approximate surface area is 212 Å². The van der Waals surface area contributed by atoms with E-state index >= 15 is 0 Å². The van der Waals surface area contributed by atoms with Crippen LogP contribution < -0.4 is 4.31 Å². The molecule has 0 bridgehead atoms. The summed E-state index contributed by atoms with van der Waals surface area (Å²) in [5.41, 5.74) is 0.738. The molecule has 0 amide bonds. The topological polar surface area (TPSA) is 105 Å². The SMILES string of the molecule is CC(C)(C)C(C(=O)O)N(c1ccc2c(ccn2-c2cncnc2)c1)S(=O)(=O)c1cc(Cl)cc(Cl)c1. The fourth-order valence-electron chi connectivity index (χ4n) is 3.95. The number of anilines is 1. The van der Waals surface area contributed by atoms with Crippen LogP contribution in [0.25, 0.3) is 16.6 Å². The van der Waals surface area contributed by atoms with Crippen LogP contribution in [0.5, 0.6) is 0 Å². The summed E-state index contributed by atoms with van der Waals surface area (Å²) < 4.78 is 30.6. The van der Waals surface area contributed by atoms with E-state index in [1.807, 2.05) is 4.57 Å². The first-order valence-corrected chi connectivity index (χ1v) is 12.7. The number of nitrogens with zero attached hydrogens (tertiary/aromatic N) is 4. The summed E-state index contributed by atoms with van der Waals surface area (Å²) in [7, 11) is -4.38. The van der Waals surface area contributed by atoms with Gasteiger partial charge in [0, 0.05) is 21.6 Å². The first-order valence-electron chi connectivity index (χ1n) is 10.5. The number of carboxylic acids is 1. The minimum Gasteiger partial charge on any atom is -0.480 e. The number of sulfonamides is 1. The van der Waals surface area contributed by atoms with Crippen molar-refractivity contribution in [3.05, 3.63) is 77.4 Å². The number of benzene rings is 2. The highest BCUT2D eigenvalue weighted by atomic mass is 35.5. The van der Waals surface area contributed by atoms with E-state index in [-0.39, 0.29) is 20.6 Å². The van der Waals surface area contributed by atoms with Gasteiger partial charge >= 0.3 is 5.97 Å².